The Morgan fingerprint density at radius 3 is 2.78 bits per heavy atom. The highest BCUT2D eigenvalue weighted by atomic mass is 32.2. The molecular weight excluding hydrogens is 252 g/mol. The highest BCUT2D eigenvalue weighted by molar-refractivity contribution is 8.00. The van der Waals surface area contributed by atoms with Gasteiger partial charge in [-0.2, -0.15) is 0 Å². The number of Topliss-reactive ketones (excluding diaryl/α,β-unsaturated/α-hetero) is 1. The van der Waals surface area contributed by atoms with Crippen molar-refractivity contribution in [2.45, 2.75) is 30.6 Å². The maximum absolute atomic E-state index is 11.9. The number of hydrogen-bond donors (Lipinski definition) is 0. The summed E-state index contributed by atoms with van der Waals surface area (Å²) in [5.41, 5.74) is 0.268. The summed E-state index contributed by atoms with van der Waals surface area (Å²) in [5.74, 6) is -1.03. The molecule has 0 aromatic heterocycles. The number of benzene rings is 1. The average molecular weight is 266 g/mol. The van der Waals surface area contributed by atoms with E-state index < -0.39 is 16.7 Å². The third-order valence-electron chi connectivity index (χ3n) is 2.39. The first kappa shape index (κ1) is 13.0. The average Bonchev–Trinajstić information content (AvgIpc) is 2.61. The monoisotopic (exact) mass is 266 g/mol. The standard InChI is InChI=1S/C13H14O4S/c1-4-16-12(15)10(14)8-6-5-7-9-11(8)17-13(2,3)18-9/h5-7H,4H2,1-3H3. The quantitative estimate of drug-likeness (QED) is 0.478. The summed E-state index contributed by atoms with van der Waals surface area (Å²) in [6, 6.07) is 5.19. The van der Waals surface area contributed by atoms with Gasteiger partial charge in [0.15, 0.2) is 4.93 Å². The molecule has 0 bridgehead atoms. The highest BCUT2D eigenvalue weighted by Crippen LogP contribution is 2.48. The van der Waals surface area contributed by atoms with Crippen molar-refractivity contribution in [1.29, 1.82) is 0 Å². The zero-order valence-corrected chi connectivity index (χ0v) is 11.3. The fourth-order valence-corrected chi connectivity index (χ4v) is 2.76. The van der Waals surface area contributed by atoms with Gasteiger partial charge >= 0.3 is 5.97 Å². The first-order chi connectivity index (χ1) is 8.44. The molecule has 4 nitrogen and oxygen atoms in total. The second kappa shape index (κ2) is 4.65. The van der Waals surface area contributed by atoms with Crippen LogP contribution in [0.1, 0.15) is 31.1 Å². The molecule has 5 heteroatoms. The lowest BCUT2D eigenvalue weighted by atomic mass is 10.1. The van der Waals surface area contributed by atoms with E-state index in [1.165, 1.54) is 11.8 Å². The van der Waals surface area contributed by atoms with E-state index in [1.807, 2.05) is 19.9 Å². The second-order valence-corrected chi connectivity index (χ2v) is 5.91. The van der Waals surface area contributed by atoms with Crippen LogP contribution in [0.5, 0.6) is 5.75 Å². The molecule has 0 saturated heterocycles. The molecule has 0 saturated carbocycles. The molecule has 1 aliphatic rings. The predicted octanol–water partition coefficient (Wildman–Crippen LogP) is 2.65. The van der Waals surface area contributed by atoms with E-state index >= 15 is 0 Å². The summed E-state index contributed by atoms with van der Waals surface area (Å²) in [6.07, 6.45) is 0. The van der Waals surface area contributed by atoms with Crippen molar-refractivity contribution in [2.24, 2.45) is 0 Å². The Morgan fingerprint density at radius 2 is 2.11 bits per heavy atom. The van der Waals surface area contributed by atoms with Gasteiger partial charge in [-0.1, -0.05) is 17.8 Å². The van der Waals surface area contributed by atoms with Crippen molar-refractivity contribution in [3.05, 3.63) is 23.8 Å². The van der Waals surface area contributed by atoms with Crippen molar-refractivity contribution in [1.82, 2.24) is 0 Å². The number of esters is 1. The van der Waals surface area contributed by atoms with Crippen LogP contribution < -0.4 is 4.74 Å². The van der Waals surface area contributed by atoms with Crippen LogP contribution in [0.3, 0.4) is 0 Å². The van der Waals surface area contributed by atoms with Crippen LogP contribution in [0.4, 0.5) is 0 Å². The third kappa shape index (κ3) is 2.36. The molecule has 0 N–H and O–H groups in total. The minimum absolute atomic E-state index is 0.181. The zero-order chi connectivity index (χ0) is 13.3. The van der Waals surface area contributed by atoms with Gasteiger partial charge in [0.25, 0.3) is 5.78 Å². The van der Waals surface area contributed by atoms with Gasteiger partial charge in [-0.25, -0.2) is 4.79 Å². The molecule has 1 heterocycles. The predicted molar refractivity (Wildman–Crippen MR) is 68.0 cm³/mol. The van der Waals surface area contributed by atoms with Crippen molar-refractivity contribution < 1.29 is 19.1 Å². The molecular formula is C13H14O4S. The molecule has 0 spiro atoms. The van der Waals surface area contributed by atoms with E-state index in [0.29, 0.717) is 5.75 Å². The summed E-state index contributed by atoms with van der Waals surface area (Å²) in [5, 5.41) is 0. The van der Waals surface area contributed by atoms with Crippen LogP contribution >= 0.6 is 11.8 Å². The van der Waals surface area contributed by atoms with Crippen LogP contribution in [-0.2, 0) is 9.53 Å². The van der Waals surface area contributed by atoms with Gasteiger partial charge in [0.2, 0.25) is 0 Å². The van der Waals surface area contributed by atoms with Crippen LogP contribution in [0, 0.1) is 0 Å². The Hall–Kier alpha value is -1.49. The largest absolute Gasteiger partial charge is 0.475 e. The first-order valence-electron chi connectivity index (χ1n) is 5.67. The van der Waals surface area contributed by atoms with Gasteiger partial charge in [-0.05, 0) is 32.9 Å². The van der Waals surface area contributed by atoms with Gasteiger partial charge in [0, 0.05) is 0 Å². The van der Waals surface area contributed by atoms with E-state index in [1.54, 1.807) is 19.1 Å². The maximum atomic E-state index is 11.9. The fraction of sp³-hybridized carbons (Fsp3) is 0.385. The number of thioether (sulfide) groups is 1. The van der Waals surface area contributed by atoms with Crippen LogP contribution in [0.25, 0.3) is 0 Å². The molecule has 0 atom stereocenters. The molecule has 1 aliphatic heterocycles. The first-order valence-corrected chi connectivity index (χ1v) is 6.49. The van der Waals surface area contributed by atoms with Gasteiger partial charge in [-0.3, -0.25) is 4.79 Å². The van der Waals surface area contributed by atoms with Crippen molar-refractivity contribution in [2.75, 3.05) is 6.61 Å². The van der Waals surface area contributed by atoms with Crippen molar-refractivity contribution in [3.63, 3.8) is 0 Å². The lowest BCUT2D eigenvalue weighted by Crippen LogP contribution is -2.21. The van der Waals surface area contributed by atoms with Crippen molar-refractivity contribution >= 4 is 23.5 Å². The van der Waals surface area contributed by atoms with E-state index in [4.69, 9.17) is 9.47 Å². The molecule has 2 rings (SSSR count). The lowest BCUT2D eigenvalue weighted by molar-refractivity contribution is -0.137. The summed E-state index contributed by atoms with van der Waals surface area (Å²) < 4.78 is 10.4. The van der Waals surface area contributed by atoms with Crippen molar-refractivity contribution in [3.8, 4) is 5.75 Å². The highest BCUT2D eigenvalue weighted by Gasteiger charge is 2.35. The van der Waals surface area contributed by atoms with Gasteiger partial charge < -0.3 is 9.47 Å². The lowest BCUT2D eigenvalue weighted by Gasteiger charge is -2.16. The number of para-hydroxylation sites is 1. The minimum atomic E-state index is -0.843. The number of carbonyl (C=O) groups excluding carboxylic acids is 2. The second-order valence-electron chi connectivity index (χ2n) is 4.29. The topological polar surface area (TPSA) is 52.6 Å². The molecule has 1 aromatic rings. The van der Waals surface area contributed by atoms with E-state index in [2.05, 4.69) is 0 Å². The van der Waals surface area contributed by atoms with Crippen LogP contribution in [-0.4, -0.2) is 23.3 Å². The summed E-state index contributed by atoms with van der Waals surface area (Å²) in [7, 11) is 0. The summed E-state index contributed by atoms with van der Waals surface area (Å²) >= 11 is 1.52. The summed E-state index contributed by atoms with van der Waals surface area (Å²) in [6.45, 7) is 5.67. The Bertz CT molecular complexity index is 508. The Morgan fingerprint density at radius 1 is 1.39 bits per heavy atom. The Labute approximate surface area is 110 Å². The van der Waals surface area contributed by atoms with Gasteiger partial charge in [0.05, 0.1) is 17.1 Å². The zero-order valence-electron chi connectivity index (χ0n) is 10.5. The third-order valence-corrected chi connectivity index (χ3v) is 3.50. The van der Waals surface area contributed by atoms with E-state index in [-0.39, 0.29) is 12.2 Å². The molecule has 0 amide bonds. The smallest absolute Gasteiger partial charge is 0.379 e. The molecule has 1 aromatic carbocycles. The molecule has 18 heavy (non-hydrogen) atoms. The number of ketones is 1. The van der Waals surface area contributed by atoms with Crippen LogP contribution in [0.2, 0.25) is 0 Å². The fourth-order valence-electron chi connectivity index (χ4n) is 1.72. The maximum Gasteiger partial charge on any atom is 0.379 e. The number of fused-ring (bicyclic) bond motifs is 1. The van der Waals surface area contributed by atoms with E-state index in [0.717, 1.165) is 4.90 Å². The molecule has 0 aliphatic carbocycles. The Kier molecular flexibility index (Phi) is 3.34. The number of rotatable bonds is 3. The molecule has 96 valence electrons. The molecule has 0 unspecified atom stereocenters. The number of carbonyl (C=O) groups is 2. The Balaban J connectivity index is 2.35. The summed E-state index contributed by atoms with van der Waals surface area (Å²) in [4.78, 5) is 23.9. The van der Waals surface area contributed by atoms with Crippen LogP contribution in [0.15, 0.2) is 23.1 Å². The SMILES string of the molecule is CCOC(=O)C(=O)c1cccc2c1OC(C)(C)S2. The van der Waals surface area contributed by atoms with Gasteiger partial charge in [0.1, 0.15) is 5.75 Å². The number of ether oxygens (including phenoxy) is 2. The van der Waals surface area contributed by atoms with E-state index in [9.17, 15) is 9.59 Å². The normalized spacial score (nSPS) is 15.7. The molecule has 0 fully saturated rings. The minimum Gasteiger partial charge on any atom is -0.475 e. The molecule has 0 radical (unpaired) electrons. The van der Waals surface area contributed by atoms with Gasteiger partial charge in [-0.15, -0.1) is 0 Å². The number of hydrogen-bond acceptors (Lipinski definition) is 5.